The van der Waals surface area contributed by atoms with Crippen LogP contribution >= 0.6 is 0 Å². The van der Waals surface area contributed by atoms with Crippen LogP contribution in [0.5, 0.6) is 0 Å². The van der Waals surface area contributed by atoms with Gasteiger partial charge in [0.2, 0.25) is 22.0 Å². The molecule has 0 bridgehead atoms. The number of hydrogen-bond donors (Lipinski definition) is 1. The number of ether oxygens (including phenoxy) is 2. The van der Waals surface area contributed by atoms with E-state index in [9.17, 15) is 22.8 Å². The van der Waals surface area contributed by atoms with E-state index in [-0.39, 0.29) is 18.1 Å². The van der Waals surface area contributed by atoms with Crippen molar-refractivity contribution >= 4 is 27.9 Å². The lowest BCUT2D eigenvalue weighted by molar-refractivity contribution is -0.159. The molecule has 10 heteroatoms. The first-order chi connectivity index (χ1) is 13.1. The largest absolute Gasteiger partial charge is 0.464 e. The summed E-state index contributed by atoms with van der Waals surface area (Å²) in [5.74, 6) is -2.69. The highest BCUT2D eigenvalue weighted by atomic mass is 32.2. The van der Waals surface area contributed by atoms with E-state index < -0.39 is 46.0 Å². The molecule has 1 aliphatic rings. The molecule has 1 heterocycles. The number of benzene rings is 1. The van der Waals surface area contributed by atoms with Gasteiger partial charge in [-0.25, -0.2) is 18.0 Å². The number of hydrogen-bond acceptors (Lipinski definition) is 7. The first-order valence-corrected chi connectivity index (χ1v) is 10.3. The number of carbonyl (C=O) groups is 3. The molecule has 1 amide bonds. The zero-order valence-corrected chi connectivity index (χ0v) is 17.0. The SMILES string of the molecule is CCOC(=O)C(NC(=O)[C@@H]1[C@@H](C)N1S(=O)(=O)c1ccc(C)cc1)C(=O)OCC. The highest BCUT2D eigenvalue weighted by Gasteiger charge is 2.57. The Bertz CT molecular complexity index is 833. The molecule has 2 rings (SSSR count). The van der Waals surface area contributed by atoms with Gasteiger partial charge < -0.3 is 14.8 Å². The van der Waals surface area contributed by atoms with E-state index in [2.05, 4.69) is 5.32 Å². The fraction of sp³-hybridized carbons (Fsp3) is 0.500. The van der Waals surface area contributed by atoms with Gasteiger partial charge in [0.05, 0.1) is 18.1 Å². The highest BCUT2D eigenvalue weighted by Crippen LogP contribution is 2.35. The highest BCUT2D eigenvalue weighted by molar-refractivity contribution is 7.89. The van der Waals surface area contributed by atoms with Crippen LogP contribution < -0.4 is 5.32 Å². The number of nitrogens with zero attached hydrogens (tertiary/aromatic N) is 1. The molecule has 1 aromatic rings. The molecule has 1 aliphatic heterocycles. The lowest BCUT2D eigenvalue weighted by Gasteiger charge is -2.16. The normalized spacial score (nSPS) is 21.1. The second kappa shape index (κ2) is 8.70. The Kier molecular flexibility index (Phi) is 6.78. The molecule has 9 nitrogen and oxygen atoms in total. The molecule has 1 fully saturated rings. The summed E-state index contributed by atoms with van der Waals surface area (Å²) in [5, 5.41) is 2.25. The maximum Gasteiger partial charge on any atom is 0.340 e. The molecular formula is C18H24N2O7S. The Balaban J connectivity index is 2.16. The van der Waals surface area contributed by atoms with Gasteiger partial charge >= 0.3 is 11.9 Å². The van der Waals surface area contributed by atoms with Gasteiger partial charge in [0, 0.05) is 6.04 Å². The molecule has 28 heavy (non-hydrogen) atoms. The summed E-state index contributed by atoms with van der Waals surface area (Å²) in [6.07, 6.45) is 0. The van der Waals surface area contributed by atoms with Crippen molar-refractivity contribution in [2.75, 3.05) is 13.2 Å². The summed E-state index contributed by atoms with van der Waals surface area (Å²) in [4.78, 5) is 36.6. The smallest absolute Gasteiger partial charge is 0.340 e. The van der Waals surface area contributed by atoms with Crippen LogP contribution in [0.15, 0.2) is 29.2 Å². The number of nitrogens with one attached hydrogen (secondary N) is 1. The maximum absolute atomic E-state index is 12.8. The zero-order chi connectivity index (χ0) is 21.1. The van der Waals surface area contributed by atoms with Gasteiger partial charge in [0.25, 0.3) is 0 Å². The van der Waals surface area contributed by atoms with Crippen LogP contribution in [0.4, 0.5) is 0 Å². The number of rotatable bonds is 8. The second-order valence-corrected chi connectivity index (χ2v) is 8.12. The van der Waals surface area contributed by atoms with Crippen molar-refractivity contribution in [3.63, 3.8) is 0 Å². The van der Waals surface area contributed by atoms with Gasteiger partial charge in [-0.1, -0.05) is 17.7 Å². The predicted molar refractivity (Wildman–Crippen MR) is 98.7 cm³/mol. The van der Waals surface area contributed by atoms with E-state index in [4.69, 9.17) is 9.47 Å². The summed E-state index contributed by atoms with van der Waals surface area (Å²) >= 11 is 0. The van der Waals surface area contributed by atoms with Crippen LogP contribution in [0.2, 0.25) is 0 Å². The Morgan fingerprint density at radius 1 is 1.07 bits per heavy atom. The molecule has 3 atom stereocenters. The van der Waals surface area contributed by atoms with E-state index >= 15 is 0 Å². The first kappa shape index (κ1) is 21.8. The van der Waals surface area contributed by atoms with Crippen LogP contribution in [-0.2, 0) is 33.9 Å². The average Bonchev–Trinajstić information content (AvgIpc) is 3.32. The molecule has 1 N–H and O–H groups in total. The van der Waals surface area contributed by atoms with E-state index in [0.29, 0.717) is 0 Å². The number of amides is 1. The monoisotopic (exact) mass is 412 g/mol. The van der Waals surface area contributed by atoms with Crippen LogP contribution in [0, 0.1) is 6.92 Å². The third kappa shape index (κ3) is 4.50. The Morgan fingerprint density at radius 2 is 1.57 bits per heavy atom. The fourth-order valence-corrected chi connectivity index (χ4v) is 4.54. The average molecular weight is 412 g/mol. The summed E-state index contributed by atoms with van der Waals surface area (Å²) < 4.78 is 36.1. The molecule has 0 saturated carbocycles. The van der Waals surface area contributed by atoms with Crippen LogP contribution in [0.3, 0.4) is 0 Å². The van der Waals surface area contributed by atoms with Gasteiger partial charge in [-0.2, -0.15) is 4.31 Å². The lowest BCUT2D eigenvalue weighted by atomic mass is 10.2. The van der Waals surface area contributed by atoms with Crippen molar-refractivity contribution in [1.82, 2.24) is 9.62 Å². The molecule has 154 valence electrons. The molecule has 1 saturated heterocycles. The first-order valence-electron chi connectivity index (χ1n) is 8.89. The van der Waals surface area contributed by atoms with Crippen molar-refractivity contribution in [1.29, 1.82) is 0 Å². The molecule has 1 unspecified atom stereocenters. The van der Waals surface area contributed by atoms with Crippen molar-refractivity contribution < 1.29 is 32.3 Å². The summed E-state index contributed by atoms with van der Waals surface area (Å²) in [6, 6.07) is 2.95. The number of sulfonamides is 1. The minimum absolute atomic E-state index is 0.0123. The quantitative estimate of drug-likeness (QED) is 0.372. The maximum atomic E-state index is 12.8. The molecular weight excluding hydrogens is 388 g/mol. The number of esters is 2. The van der Waals surface area contributed by atoms with Crippen LogP contribution in [0.1, 0.15) is 26.3 Å². The van der Waals surface area contributed by atoms with E-state index in [0.717, 1.165) is 9.87 Å². The van der Waals surface area contributed by atoms with Gasteiger partial charge in [-0.3, -0.25) is 4.79 Å². The summed E-state index contributed by atoms with van der Waals surface area (Å²) in [5.41, 5.74) is 0.902. The molecule has 0 aliphatic carbocycles. The van der Waals surface area contributed by atoms with Crippen LogP contribution in [-0.4, -0.2) is 61.9 Å². The fourth-order valence-electron chi connectivity index (χ4n) is 2.75. The number of carbonyl (C=O) groups excluding carboxylic acids is 3. The van der Waals surface area contributed by atoms with Crippen LogP contribution in [0.25, 0.3) is 0 Å². The third-order valence-electron chi connectivity index (χ3n) is 4.24. The summed E-state index contributed by atoms with van der Waals surface area (Å²) in [6.45, 7) is 6.54. The minimum atomic E-state index is -3.88. The molecule has 0 aromatic heterocycles. The van der Waals surface area contributed by atoms with Crippen molar-refractivity contribution in [2.45, 2.75) is 50.7 Å². The zero-order valence-electron chi connectivity index (χ0n) is 16.2. The lowest BCUT2D eigenvalue weighted by Crippen LogP contribution is -2.50. The molecule has 0 spiro atoms. The van der Waals surface area contributed by atoms with Gasteiger partial charge in [0.15, 0.2) is 0 Å². The Morgan fingerprint density at radius 3 is 2.04 bits per heavy atom. The van der Waals surface area contributed by atoms with E-state index in [1.54, 1.807) is 32.9 Å². The summed E-state index contributed by atoms with van der Waals surface area (Å²) in [7, 11) is -3.88. The molecule has 1 aromatic carbocycles. The van der Waals surface area contributed by atoms with Gasteiger partial charge in [-0.15, -0.1) is 0 Å². The van der Waals surface area contributed by atoms with Crippen molar-refractivity contribution in [3.8, 4) is 0 Å². The van der Waals surface area contributed by atoms with Gasteiger partial charge in [-0.05, 0) is 39.8 Å². The van der Waals surface area contributed by atoms with Crippen molar-refractivity contribution in [3.05, 3.63) is 29.8 Å². The van der Waals surface area contributed by atoms with Gasteiger partial charge in [0.1, 0.15) is 6.04 Å². The Labute approximate surface area is 164 Å². The second-order valence-electron chi connectivity index (χ2n) is 6.28. The Hall–Kier alpha value is -2.46. The topological polar surface area (TPSA) is 119 Å². The van der Waals surface area contributed by atoms with E-state index in [1.165, 1.54) is 12.1 Å². The van der Waals surface area contributed by atoms with E-state index in [1.807, 2.05) is 6.92 Å². The van der Waals surface area contributed by atoms with Crippen molar-refractivity contribution in [2.24, 2.45) is 0 Å². The standard InChI is InChI=1S/C18H24N2O7S/c1-5-26-17(22)14(18(23)27-6-2)19-16(21)15-12(4)20(15)28(24,25)13-9-7-11(3)8-10-13/h7-10,12,14-15H,5-6H2,1-4H3,(H,19,21)/t12-,15+,20?/m1/s1. The predicted octanol–water partition coefficient (Wildman–Crippen LogP) is 0.367. The molecule has 0 radical (unpaired) electrons. The number of aryl methyl sites for hydroxylation is 1. The minimum Gasteiger partial charge on any atom is -0.464 e. The third-order valence-corrected chi connectivity index (χ3v) is 6.22.